The summed E-state index contributed by atoms with van der Waals surface area (Å²) in [5, 5.41) is 9.67. The van der Waals surface area contributed by atoms with Crippen molar-refractivity contribution in [2.75, 3.05) is 0 Å². The average Bonchev–Trinajstić information content (AvgIpc) is 1.94. The van der Waals surface area contributed by atoms with Gasteiger partial charge in [-0.15, -0.1) is 0 Å². The molecule has 1 rings (SSSR count). The molecule has 2 atom stereocenters. The number of hydrogen-bond acceptors (Lipinski definition) is 1. The van der Waals surface area contributed by atoms with Crippen molar-refractivity contribution in [3.05, 3.63) is 0 Å². The van der Waals surface area contributed by atoms with Crippen molar-refractivity contribution in [1.82, 2.24) is 0 Å². The highest BCUT2D eigenvalue weighted by molar-refractivity contribution is 4.77. The van der Waals surface area contributed by atoms with E-state index in [2.05, 4.69) is 6.92 Å². The van der Waals surface area contributed by atoms with Gasteiger partial charge in [-0.2, -0.15) is 0 Å². The molecule has 1 fully saturated rings. The van der Waals surface area contributed by atoms with Gasteiger partial charge >= 0.3 is 0 Å². The second kappa shape index (κ2) is 2.91. The van der Waals surface area contributed by atoms with E-state index in [1.807, 2.05) is 6.92 Å². The molecule has 0 spiro atoms. The van der Waals surface area contributed by atoms with Gasteiger partial charge in [-0.1, -0.05) is 19.8 Å². The molecule has 0 saturated heterocycles. The minimum atomic E-state index is -0.356. The van der Waals surface area contributed by atoms with E-state index in [1.54, 1.807) is 0 Å². The molecule has 0 amide bonds. The van der Waals surface area contributed by atoms with E-state index in [0.29, 0.717) is 0 Å². The summed E-state index contributed by atoms with van der Waals surface area (Å²) >= 11 is 0. The molecule has 10 heavy (non-hydrogen) atoms. The van der Waals surface area contributed by atoms with Crippen LogP contribution >= 0.6 is 0 Å². The monoisotopic (exact) mass is 142 g/mol. The molecule has 0 heterocycles. The molecule has 0 bridgehead atoms. The van der Waals surface area contributed by atoms with Gasteiger partial charge in [0, 0.05) is 0 Å². The third-order valence-corrected chi connectivity index (χ3v) is 2.59. The Labute approximate surface area is 63.4 Å². The standard InChI is InChI=1S/C9H18O/c1-8-4-3-6-9(2,10)7-5-8/h8,10H,3-7H2,1-2H3/t8-,9+/m1/s1. The lowest BCUT2D eigenvalue weighted by atomic mass is 9.97. The Hall–Kier alpha value is -0.0400. The first-order valence-electron chi connectivity index (χ1n) is 4.32. The summed E-state index contributed by atoms with van der Waals surface area (Å²) in [6, 6.07) is 0. The summed E-state index contributed by atoms with van der Waals surface area (Å²) in [6.07, 6.45) is 5.70. The highest BCUT2D eigenvalue weighted by atomic mass is 16.3. The number of aliphatic hydroxyl groups is 1. The lowest BCUT2D eigenvalue weighted by Gasteiger charge is -2.19. The van der Waals surface area contributed by atoms with Gasteiger partial charge in [0.2, 0.25) is 0 Å². The van der Waals surface area contributed by atoms with E-state index in [-0.39, 0.29) is 5.60 Å². The van der Waals surface area contributed by atoms with Crippen molar-refractivity contribution in [2.24, 2.45) is 5.92 Å². The van der Waals surface area contributed by atoms with Crippen LogP contribution < -0.4 is 0 Å². The van der Waals surface area contributed by atoms with Gasteiger partial charge in [0.05, 0.1) is 5.60 Å². The largest absolute Gasteiger partial charge is 0.390 e. The van der Waals surface area contributed by atoms with Crippen molar-refractivity contribution < 1.29 is 5.11 Å². The van der Waals surface area contributed by atoms with E-state index in [0.717, 1.165) is 18.8 Å². The van der Waals surface area contributed by atoms with Crippen LogP contribution in [0.1, 0.15) is 46.0 Å². The van der Waals surface area contributed by atoms with E-state index in [4.69, 9.17) is 0 Å². The van der Waals surface area contributed by atoms with Crippen LogP contribution in [0.4, 0.5) is 0 Å². The molecular weight excluding hydrogens is 124 g/mol. The third kappa shape index (κ3) is 2.30. The Bertz CT molecular complexity index is 107. The fourth-order valence-corrected chi connectivity index (χ4v) is 1.66. The summed E-state index contributed by atoms with van der Waals surface area (Å²) in [5.41, 5.74) is -0.356. The Morgan fingerprint density at radius 2 is 2.00 bits per heavy atom. The first kappa shape index (κ1) is 8.06. The molecule has 0 aromatic heterocycles. The smallest absolute Gasteiger partial charge is 0.0619 e. The zero-order valence-corrected chi connectivity index (χ0v) is 7.06. The molecule has 0 aliphatic heterocycles. The van der Waals surface area contributed by atoms with Crippen molar-refractivity contribution in [3.63, 3.8) is 0 Å². The molecule has 1 heteroatoms. The van der Waals surface area contributed by atoms with Crippen LogP contribution in [0, 0.1) is 5.92 Å². The van der Waals surface area contributed by atoms with Crippen molar-refractivity contribution in [3.8, 4) is 0 Å². The van der Waals surface area contributed by atoms with Crippen LogP contribution in [-0.4, -0.2) is 10.7 Å². The number of hydrogen-bond donors (Lipinski definition) is 1. The summed E-state index contributed by atoms with van der Waals surface area (Å²) in [7, 11) is 0. The van der Waals surface area contributed by atoms with Gasteiger partial charge < -0.3 is 5.11 Å². The Morgan fingerprint density at radius 3 is 2.70 bits per heavy atom. The van der Waals surface area contributed by atoms with E-state index < -0.39 is 0 Å². The molecular formula is C9H18O. The van der Waals surface area contributed by atoms with Crippen LogP contribution in [0.5, 0.6) is 0 Å². The molecule has 0 unspecified atom stereocenters. The Morgan fingerprint density at radius 1 is 1.30 bits per heavy atom. The molecule has 1 aliphatic carbocycles. The van der Waals surface area contributed by atoms with Crippen LogP contribution in [0.15, 0.2) is 0 Å². The van der Waals surface area contributed by atoms with Crippen LogP contribution in [0.3, 0.4) is 0 Å². The molecule has 0 aromatic carbocycles. The van der Waals surface area contributed by atoms with Crippen LogP contribution in [0.2, 0.25) is 0 Å². The minimum Gasteiger partial charge on any atom is -0.390 e. The van der Waals surface area contributed by atoms with Gasteiger partial charge in [-0.05, 0) is 32.1 Å². The second-order valence-corrected chi connectivity index (χ2v) is 4.03. The molecule has 0 radical (unpaired) electrons. The highest BCUT2D eigenvalue weighted by Gasteiger charge is 2.23. The SMILES string of the molecule is C[C@@H]1CCC[C@](C)(O)CC1. The zero-order chi connectivity index (χ0) is 7.61. The van der Waals surface area contributed by atoms with E-state index >= 15 is 0 Å². The average molecular weight is 142 g/mol. The van der Waals surface area contributed by atoms with E-state index in [9.17, 15) is 5.11 Å². The minimum absolute atomic E-state index is 0.356. The van der Waals surface area contributed by atoms with Crippen LogP contribution in [0.25, 0.3) is 0 Å². The van der Waals surface area contributed by atoms with Gasteiger partial charge in [0.1, 0.15) is 0 Å². The molecule has 60 valence electrons. The van der Waals surface area contributed by atoms with Gasteiger partial charge in [-0.3, -0.25) is 0 Å². The molecule has 1 nitrogen and oxygen atoms in total. The first-order chi connectivity index (χ1) is 4.60. The normalized spacial score (nSPS) is 42.9. The summed E-state index contributed by atoms with van der Waals surface area (Å²) in [5.74, 6) is 0.828. The topological polar surface area (TPSA) is 20.2 Å². The predicted octanol–water partition coefficient (Wildman–Crippen LogP) is 2.34. The van der Waals surface area contributed by atoms with Gasteiger partial charge in [-0.25, -0.2) is 0 Å². The van der Waals surface area contributed by atoms with Gasteiger partial charge in [0.15, 0.2) is 0 Å². The van der Waals surface area contributed by atoms with Gasteiger partial charge in [0.25, 0.3) is 0 Å². The second-order valence-electron chi connectivity index (χ2n) is 4.03. The zero-order valence-electron chi connectivity index (χ0n) is 7.06. The highest BCUT2D eigenvalue weighted by Crippen LogP contribution is 2.29. The summed E-state index contributed by atoms with van der Waals surface area (Å²) in [4.78, 5) is 0. The summed E-state index contributed by atoms with van der Waals surface area (Å²) in [6.45, 7) is 4.24. The van der Waals surface area contributed by atoms with Crippen molar-refractivity contribution in [2.45, 2.75) is 51.6 Å². The maximum absolute atomic E-state index is 9.67. The van der Waals surface area contributed by atoms with E-state index in [1.165, 1.54) is 19.3 Å². The molecule has 1 saturated carbocycles. The predicted molar refractivity (Wildman–Crippen MR) is 42.9 cm³/mol. The number of rotatable bonds is 0. The maximum Gasteiger partial charge on any atom is 0.0619 e. The molecule has 1 N–H and O–H groups in total. The molecule has 1 aliphatic rings. The fraction of sp³-hybridized carbons (Fsp3) is 1.00. The lowest BCUT2D eigenvalue weighted by Crippen LogP contribution is -2.22. The van der Waals surface area contributed by atoms with Crippen molar-refractivity contribution >= 4 is 0 Å². The molecule has 0 aromatic rings. The third-order valence-electron chi connectivity index (χ3n) is 2.59. The van der Waals surface area contributed by atoms with Crippen LogP contribution in [-0.2, 0) is 0 Å². The maximum atomic E-state index is 9.67. The first-order valence-corrected chi connectivity index (χ1v) is 4.32. The quantitative estimate of drug-likeness (QED) is 0.515. The summed E-state index contributed by atoms with van der Waals surface area (Å²) < 4.78 is 0. The van der Waals surface area contributed by atoms with Crippen molar-refractivity contribution in [1.29, 1.82) is 0 Å². The Balaban J connectivity index is 2.41. The fourth-order valence-electron chi connectivity index (χ4n) is 1.66. The Kier molecular flexibility index (Phi) is 2.35. The lowest BCUT2D eigenvalue weighted by molar-refractivity contribution is 0.0435.